The highest BCUT2D eigenvalue weighted by Crippen LogP contribution is 2.41. The van der Waals surface area contributed by atoms with Gasteiger partial charge in [-0.1, -0.05) is 12.8 Å². The van der Waals surface area contributed by atoms with Crippen molar-refractivity contribution in [2.45, 2.75) is 38.0 Å². The van der Waals surface area contributed by atoms with Crippen LogP contribution in [0, 0.1) is 6.92 Å². The Kier molecular flexibility index (Phi) is 3.15. The van der Waals surface area contributed by atoms with E-state index in [9.17, 15) is 0 Å². The predicted octanol–water partition coefficient (Wildman–Crippen LogP) is 2.17. The maximum absolute atomic E-state index is 5.98. The van der Waals surface area contributed by atoms with Crippen molar-refractivity contribution in [2.75, 3.05) is 13.7 Å². The van der Waals surface area contributed by atoms with Gasteiger partial charge in [0.2, 0.25) is 5.88 Å². The molecule has 0 bridgehead atoms. The van der Waals surface area contributed by atoms with Crippen LogP contribution in [0.15, 0.2) is 12.1 Å². The lowest BCUT2D eigenvalue weighted by Crippen LogP contribution is -2.32. The molecule has 1 fully saturated rings. The molecule has 3 nitrogen and oxygen atoms in total. The van der Waals surface area contributed by atoms with Crippen LogP contribution in [0.25, 0.3) is 0 Å². The number of ether oxygens (including phenoxy) is 1. The molecular formula is C13H20N2O. The smallest absolute Gasteiger partial charge is 0.213 e. The number of methoxy groups -OCH3 is 1. The van der Waals surface area contributed by atoms with E-state index in [4.69, 9.17) is 10.5 Å². The van der Waals surface area contributed by atoms with Gasteiger partial charge in [0.15, 0.2) is 0 Å². The number of aryl methyl sites for hydroxylation is 1. The number of pyridine rings is 1. The molecule has 1 heterocycles. The van der Waals surface area contributed by atoms with Crippen LogP contribution in [-0.4, -0.2) is 18.6 Å². The van der Waals surface area contributed by atoms with Gasteiger partial charge in [0.05, 0.1) is 7.11 Å². The Labute approximate surface area is 97.0 Å². The third-order valence-electron chi connectivity index (χ3n) is 3.70. The normalized spacial score (nSPS) is 18.7. The van der Waals surface area contributed by atoms with Gasteiger partial charge in [0.25, 0.3) is 0 Å². The van der Waals surface area contributed by atoms with Gasteiger partial charge in [0.1, 0.15) is 0 Å². The monoisotopic (exact) mass is 220 g/mol. The molecule has 2 N–H and O–H groups in total. The summed E-state index contributed by atoms with van der Waals surface area (Å²) < 4.78 is 5.23. The summed E-state index contributed by atoms with van der Waals surface area (Å²) in [4.78, 5) is 4.33. The minimum Gasteiger partial charge on any atom is -0.481 e. The average Bonchev–Trinajstić information content (AvgIpc) is 2.78. The number of nitrogens with zero attached hydrogens (tertiary/aromatic N) is 1. The van der Waals surface area contributed by atoms with Gasteiger partial charge in [-0.15, -0.1) is 0 Å². The van der Waals surface area contributed by atoms with Gasteiger partial charge in [-0.2, -0.15) is 0 Å². The maximum atomic E-state index is 5.98. The second-order valence-electron chi connectivity index (χ2n) is 4.73. The summed E-state index contributed by atoms with van der Waals surface area (Å²) >= 11 is 0. The van der Waals surface area contributed by atoms with E-state index in [2.05, 4.69) is 11.1 Å². The third-order valence-corrected chi connectivity index (χ3v) is 3.70. The standard InChI is InChI=1S/C13H20N2O/c1-10-7-11(8-12(15-10)16-2)13(9-14)5-3-4-6-13/h7-8H,3-6,9,14H2,1-2H3. The van der Waals surface area contributed by atoms with E-state index in [0.29, 0.717) is 5.88 Å². The zero-order valence-electron chi connectivity index (χ0n) is 10.1. The Hall–Kier alpha value is -1.09. The molecule has 1 aromatic rings. The summed E-state index contributed by atoms with van der Waals surface area (Å²) in [6.07, 6.45) is 4.94. The fourth-order valence-corrected chi connectivity index (χ4v) is 2.71. The van der Waals surface area contributed by atoms with E-state index in [-0.39, 0.29) is 5.41 Å². The number of nitrogens with two attached hydrogens (primary N) is 1. The molecule has 0 saturated heterocycles. The predicted molar refractivity (Wildman–Crippen MR) is 64.7 cm³/mol. The molecule has 1 aliphatic carbocycles. The van der Waals surface area contributed by atoms with Crippen molar-refractivity contribution >= 4 is 0 Å². The van der Waals surface area contributed by atoms with Crippen LogP contribution in [0.1, 0.15) is 36.9 Å². The Balaban J connectivity index is 2.41. The van der Waals surface area contributed by atoms with Crippen molar-refractivity contribution in [3.8, 4) is 5.88 Å². The molecule has 0 aliphatic heterocycles. The van der Waals surface area contributed by atoms with Gasteiger partial charge in [0, 0.05) is 23.7 Å². The highest BCUT2D eigenvalue weighted by atomic mass is 16.5. The van der Waals surface area contributed by atoms with Gasteiger partial charge in [-0.05, 0) is 31.4 Å². The summed E-state index contributed by atoms with van der Waals surface area (Å²) in [5.74, 6) is 0.703. The van der Waals surface area contributed by atoms with Crippen LogP contribution < -0.4 is 10.5 Å². The average molecular weight is 220 g/mol. The molecule has 1 aromatic heterocycles. The SMILES string of the molecule is COc1cc(C2(CN)CCCC2)cc(C)n1. The van der Waals surface area contributed by atoms with Crippen LogP contribution in [-0.2, 0) is 5.41 Å². The highest BCUT2D eigenvalue weighted by Gasteiger charge is 2.34. The Morgan fingerprint density at radius 1 is 1.38 bits per heavy atom. The van der Waals surface area contributed by atoms with Crippen molar-refractivity contribution in [2.24, 2.45) is 5.73 Å². The maximum Gasteiger partial charge on any atom is 0.213 e. The first-order chi connectivity index (χ1) is 7.70. The van der Waals surface area contributed by atoms with Crippen molar-refractivity contribution in [1.82, 2.24) is 4.98 Å². The van der Waals surface area contributed by atoms with Crippen molar-refractivity contribution in [3.63, 3.8) is 0 Å². The van der Waals surface area contributed by atoms with Gasteiger partial charge < -0.3 is 10.5 Å². The summed E-state index contributed by atoms with van der Waals surface area (Å²) in [6.45, 7) is 2.73. The minimum absolute atomic E-state index is 0.168. The van der Waals surface area contributed by atoms with Gasteiger partial charge >= 0.3 is 0 Å². The van der Waals surface area contributed by atoms with Gasteiger partial charge in [-0.25, -0.2) is 4.98 Å². The molecule has 1 saturated carbocycles. The topological polar surface area (TPSA) is 48.1 Å². The number of rotatable bonds is 3. The van der Waals surface area contributed by atoms with Crippen LogP contribution in [0.5, 0.6) is 5.88 Å². The van der Waals surface area contributed by atoms with E-state index < -0.39 is 0 Å². The summed E-state index contributed by atoms with van der Waals surface area (Å²) in [6, 6.07) is 4.20. The molecule has 2 rings (SSSR count). The Morgan fingerprint density at radius 3 is 2.62 bits per heavy atom. The lowest BCUT2D eigenvalue weighted by Gasteiger charge is -2.28. The quantitative estimate of drug-likeness (QED) is 0.849. The van der Waals surface area contributed by atoms with Crippen molar-refractivity contribution in [3.05, 3.63) is 23.4 Å². The zero-order chi connectivity index (χ0) is 11.6. The Morgan fingerprint density at radius 2 is 2.06 bits per heavy atom. The molecule has 16 heavy (non-hydrogen) atoms. The molecule has 0 unspecified atom stereocenters. The van der Waals surface area contributed by atoms with Crippen LogP contribution in [0.3, 0.4) is 0 Å². The van der Waals surface area contributed by atoms with Gasteiger partial charge in [-0.3, -0.25) is 0 Å². The first-order valence-electron chi connectivity index (χ1n) is 5.93. The fourth-order valence-electron chi connectivity index (χ4n) is 2.71. The molecule has 0 radical (unpaired) electrons. The van der Waals surface area contributed by atoms with Crippen molar-refractivity contribution in [1.29, 1.82) is 0 Å². The first kappa shape index (κ1) is 11.4. The second kappa shape index (κ2) is 4.42. The fraction of sp³-hybridized carbons (Fsp3) is 0.615. The van der Waals surface area contributed by atoms with E-state index in [1.165, 1.54) is 31.2 Å². The molecular weight excluding hydrogens is 200 g/mol. The highest BCUT2D eigenvalue weighted by molar-refractivity contribution is 5.33. The Bertz CT molecular complexity index is 370. The lowest BCUT2D eigenvalue weighted by molar-refractivity contribution is 0.390. The summed E-state index contributed by atoms with van der Waals surface area (Å²) in [5, 5.41) is 0. The molecule has 88 valence electrons. The molecule has 1 aliphatic rings. The second-order valence-corrected chi connectivity index (χ2v) is 4.73. The van der Waals surface area contributed by atoms with E-state index in [1.807, 2.05) is 13.0 Å². The molecule has 0 atom stereocenters. The molecule has 0 amide bonds. The number of aromatic nitrogens is 1. The molecule has 3 heteroatoms. The number of hydrogen-bond acceptors (Lipinski definition) is 3. The van der Waals surface area contributed by atoms with Crippen LogP contribution >= 0.6 is 0 Å². The zero-order valence-corrected chi connectivity index (χ0v) is 10.1. The summed E-state index contributed by atoms with van der Waals surface area (Å²) in [7, 11) is 1.66. The van der Waals surface area contributed by atoms with Crippen LogP contribution in [0.4, 0.5) is 0 Å². The van der Waals surface area contributed by atoms with E-state index >= 15 is 0 Å². The largest absolute Gasteiger partial charge is 0.481 e. The van der Waals surface area contributed by atoms with E-state index in [0.717, 1.165) is 12.2 Å². The first-order valence-corrected chi connectivity index (χ1v) is 5.93. The van der Waals surface area contributed by atoms with Crippen LogP contribution in [0.2, 0.25) is 0 Å². The minimum atomic E-state index is 0.168. The van der Waals surface area contributed by atoms with E-state index in [1.54, 1.807) is 7.11 Å². The molecule has 0 spiro atoms. The lowest BCUT2D eigenvalue weighted by atomic mass is 9.79. The number of hydrogen-bond donors (Lipinski definition) is 1. The third kappa shape index (κ3) is 1.92. The summed E-state index contributed by atoms with van der Waals surface area (Å²) in [5.41, 5.74) is 8.46. The molecule has 0 aromatic carbocycles. The van der Waals surface area contributed by atoms with Crippen molar-refractivity contribution < 1.29 is 4.74 Å².